The molecule has 6 rings (SSSR count). The van der Waals surface area contributed by atoms with Gasteiger partial charge in [-0.1, -0.05) is 36.4 Å². The van der Waals surface area contributed by atoms with Gasteiger partial charge in [0, 0.05) is 31.4 Å². The molecule has 1 N–H and O–H groups in total. The van der Waals surface area contributed by atoms with Crippen LogP contribution in [0.15, 0.2) is 71.5 Å². The molecule has 0 spiro atoms. The van der Waals surface area contributed by atoms with Crippen molar-refractivity contribution in [3.8, 4) is 6.07 Å². The van der Waals surface area contributed by atoms with E-state index in [2.05, 4.69) is 21.2 Å². The number of fused-ring (bicyclic) bond motifs is 2. The van der Waals surface area contributed by atoms with Crippen LogP contribution in [0.2, 0.25) is 0 Å². The lowest BCUT2D eigenvalue weighted by Crippen LogP contribution is -2.54. The third-order valence-corrected chi connectivity index (χ3v) is 8.28. The molecule has 1 fully saturated rings. The number of piperazine rings is 1. The van der Waals surface area contributed by atoms with Crippen LogP contribution in [-0.2, 0) is 13.0 Å². The minimum absolute atomic E-state index is 0.0335. The highest BCUT2D eigenvalue weighted by Gasteiger charge is 2.32. The van der Waals surface area contributed by atoms with Crippen molar-refractivity contribution < 1.29 is 9.18 Å². The summed E-state index contributed by atoms with van der Waals surface area (Å²) >= 11 is 1.64. The van der Waals surface area contributed by atoms with Crippen molar-refractivity contribution in [2.45, 2.75) is 25.4 Å². The van der Waals surface area contributed by atoms with E-state index < -0.39 is 11.7 Å². The number of aromatic amines is 1. The van der Waals surface area contributed by atoms with Crippen LogP contribution in [0.5, 0.6) is 0 Å². The van der Waals surface area contributed by atoms with Gasteiger partial charge in [0.1, 0.15) is 10.8 Å². The van der Waals surface area contributed by atoms with Crippen LogP contribution in [0.3, 0.4) is 0 Å². The number of carbonyl (C=O) groups is 1. The molecule has 1 aliphatic rings. The molecule has 3 aromatic carbocycles. The number of para-hydroxylation sites is 1. The molecule has 5 aromatic rings. The molecule has 1 saturated heterocycles. The Morgan fingerprint density at radius 3 is 2.73 bits per heavy atom. The average molecular weight is 553 g/mol. The van der Waals surface area contributed by atoms with Crippen molar-refractivity contribution in [3.63, 3.8) is 0 Å². The molecule has 0 unspecified atom stereocenters. The minimum Gasteiger partial charge on any atom is -0.332 e. The molecule has 0 radical (unpaired) electrons. The second-order valence-electron chi connectivity index (χ2n) is 9.86. The highest BCUT2D eigenvalue weighted by atomic mass is 32.1. The van der Waals surface area contributed by atoms with Crippen molar-refractivity contribution in [2.75, 3.05) is 19.6 Å². The zero-order chi connectivity index (χ0) is 27.6. The van der Waals surface area contributed by atoms with Crippen LogP contribution in [0, 0.1) is 17.1 Å². The highest BCUT2D eigenvalue weighted by Crippen LogP contribution is 2.26. The zero-order valence-electron chi connectivity index (χ0n) is 21.5. The molecule has 3 heterocycles. The largest absolute Gasteiger partial charge is 0.332 e. The van der Waals surface area contributed by atoms with Crippen molar-refractivity contribution >= 4 is 38.2 Å². The smallest absolute Gasteiger partial charge is 0.272 e. The number of hydrogen-bond donors (Lipinski definition) is 1. The van der Waals surface area contributed by atoms with Crippen molar-refractivity contribution in [2.24, 2.45) is 0 Å². The van der Waals surface area contributed by atoms with Gasteiger partial charge in [-0.3, -0.25) is 14.5 Å². The molecule has 1 amide bonds. The lowest BCUT2D eigenvalue weighted by molar-refractivity contribution is 0.0443. The zero-order valence-corrected chi connectivity index (χ0v) is 22.3. The molecular weight excluding hydrogens is 527 g/mol. The Hall–Kier alpha value is -4.46. The quantitative estimate of drug-likeness (QED) is 0.333. The summed E-state index contributed by atoms with van der Waals surface area (Å²) in [6, 6.07) is 21.4. The van der Waals surface area contributed by atoms with Gasteiger partial charge in [0.25, 0.3) is 11.5 Å². The maximum Gasteiger partial charge on any atom is 0.272 e. The van der Waals surface area contributed by atoms with Gasteiger partial charge in [-0.15, -0.1) is 11.3 Å². The van der Waals surface area contributed by atoms with Crippen LogP contribution in [0.1, 0.15) is 33.0 Å². The Morgan fingerprint density at radius 1 is 1.10 bits per heavy atom. The number of carbonyl (C=O) groups excluding carboxylic acids is 1. The fourth-order valence-electron chi connectivity index (χ4n) is 5.29. The Labute approximate surface area is 233 Å². The summed E-state index contributed by atoms with van der Waals surface area (Å²) in [4.78, 5) is 34.3. The number of thiazole rings is 1. The van der Waals surface area contributed by atoms with Crippen LogP contribution < -0.4 is 5.56 Å². The van der Waals surface area contributed by atoms with Gasteiger partial charge in [-0.2, -0.15) is 10.4 Å². The molecule has 0 saturated carbocycles. The fourth-order valence-corrected chi connectivity index (χ4v) is 6.30. The summed E-state index contributed by atoms with van der Waals surface area (Å²) in [7, 11) is 0. The molecule has 1 atom stereocenters. The highest BCUT2D eigenvalue weighted by molar-refractivity contribution is 7.18. The van der Waals surface area contributed by atoms with E-state index in [1.807, 2.05) is 36.4 Å². The minimum atomic E-state index is -0.611. The molecular formula is C30H25FN6O2S. The number of nitrogens with one attached hydrogen (secondary N) is 1. The van der Waals surface area contributed by atoms with E-state index in [-0.39, 0.29) is 23.6 Å². The number of halogens is 1. The van der Waals surface area contributed by atoms with E-state index in [1.54, 1.807) is 40.5 Å². The summed E-state index contributed by atoms with van der Waals surface area (Å²) in [5.74, 6) is -1.04. The maximum absolute atomic E-state index is 15.0. The third-order valence-electron chi connectivity index (χ3n) is 7.26. The van der Waals surface area contributed by atoms with Gasteiger partial charge in [-0.25, -0.2) is 14.5 Å². The first kappa shape index (κ1) is 25.8. The average Bonchev–Trinajstić information content (AvgIpc) is 3.38. The van der Waals surface area contributed by atoms with Crippen molar-refractivity contribution in [1.82, 2.24) is 25.0 Å². The lowest BCUT2D eigenvalue weighted by atomic mass is 10.0. The Balaban J connectivity index is 1.21. The van der Waals surface area contributed by atoms with E-state index >= 15 is 4.39 Å². The Bertz CT molecular complexity index is 1790. The number of aromatic nitrogens is 3. The molecule has 0 aliphatic carbocycles. The summed E-state index contributed by atoms with van der Waals surface area (Å²) in [5.41, 5.74) is 1.98. The molecule has 10 heteroatoms. The van der Waals surface area contributed by atoms with Gasteiger partial charge < -0.3 is 4.90 Å². The SMILES string of the molecule is N#CC[C@@H]1CN(Cc2nc3ccccc3s2)CCN1C(=O)c1cc(Cc2n[nH]c(=O)c3ccccc23)ccc1F. The number of hydrogen-bond acceptors (Lipinski definition) is 7. The number of rotatable bonds is 6. The summed E-state index contributed by atoms with van der Waals surface area (Å²) in [6.45, 7) is 2.11. The first-order chi connectivity index (χ1) is 19.5. The maximum atomic E-state index is 15.0. The molecule has 8 nitrogen and oxygen atoms in total. The van der Waals surface area contributed by atoms with E-state index in [1.165, 1.54) is 6.07 Å². The van der Waals surface area contributed by atoms with Crippen LogP contribution >= 0.6 is 11.3 Å². The second kappa shape index (κ2) is 11.0. The number of nitrogens with zero attached hydrogens (tertiary/aromatic N) is 5. The topological polar surface area (TPSA) is 106 Å². The molecule has 1 aliphatic heterocycles. The molecule has 0 bridgehead atoms. The van der Waals surface area contributed by atoms with E-state index in [4.69, 9.17) is 4.98 Å². The van der Waals surface area contributed by atoms with Crippen LogP contribution in [0.4, 0.5) is 4.39 Å². The number of benzene rings is 3. The van der Waals surface area contributed by atoms with Crippen molar-refractivity contribution in [3.05, 3.63) is 105 Å². The molecule has 200 valence electrons. The van der Waals surface area contributed by atoms with E-state index in [0.717, 1.165) is 15.2 Å². The van der Waals surface area contributed by atoms with Gasteiger partial charge in [0.2, 0.25) is 0 Å². The number of H-pyrrole nitrogens is 1. The van der Waals surface area contributed by atoms with E-state index in [0.29, 0.717) is 54.6 Å². The van der Waals surface area contributed by atoms with Crippen molar-refractivity contribution in [1.29, 1.82) is 5.26 Å². The third kappa shape index (κ3) is 5.09. The normalized spacial score (nSPS) is 15.9. The van der Waals surface area contributed by atoms with Gasteiger partial charge in [0.15, 0.2) is 0 Å². The first-order valence-corrected chi connectivity index (χ1v) is 13.8. The molecule has 2 aromatic heterocycles. The number of nitriles is 1. The van der Waals surface area contributed by atoms with Gasteiger partial charge in [0.05, 0.1) is 51.9 Å². The van der Waals surface area contributed by atoms with E-state index in [9.17, 15) is 14.9 Å². The lowest BCUT2D eigenvalue weighted by Gasteiger charge is -2.40. The monoisotopic (exact) mass is 552 g/mol. The second-order valence-corrected chi connectivity index (χ2v) is 11.0. The Morgan fingerprint density at radius 2 is 1.90 bits per heavy atom. The standard InChI is InChI=1S/C30H25FN6O2S/c31-24-10-9-19(16-26-21-5-1-2-6-22(21)29(38)35-34-26)15-23(24)30(39)37-14-13-36(17-20(37)11-12-32)18-28-33-25-7-3-4-8-27(25)40-28/h1-10,15,20H,11,13-14,16-18H2,(H,35,38)/t20-/m1/s1. The summed E-state index contributed by atoms with van der Waals surface area (Å²) in [6.07, 6.45) is 0.464. The summed E-state index contributed by atoms with van der Waals surface area (Å²) in [5, 5.41) is 18.5. The predicted molar refractivity (Wildman–Crippen MR) is 152 cm³/mol. The summed E-state index contributed by atoms with van der Waals surface area (Å²) < 4.78 is 16.1. The first-order valence-electron chi connectivity index (χ1n) is 13.0. The van der Waals surface area contributed by atoms with Gasteiger partial charge in [-0.05, 0) is 35.9 Å². The Kier molecular flexibility index (Phi) is 7.07. The van der Waals surface area contributed by atoms with Crippen LogP contribution in [0.25, 0.3) is 21.0 Å². The van der Waals surface area contributed by atoms with Gasteiger partial charge >= 0.3 is 0 Å². The fraction of sp³-hybridized carbons (Fsp3) is 0.233. The predicted octanol–water partition coefficient (Wildman–Crippen LogP) is 4.50. The number of amides is 1. The molecule has 40 heavy (non-hydrogen) atoms. The van der Waals surface area contributed by atoms with Crippen LogP contribution in [-0.4, -0.2) is 56.6 Å².